The summed E-state index contributed by atoms with van der Waals surface area (Å²) in [6, 6.07) is 1.90. The summed E-state index contributed by atoms with van der Waals surface area (Å²) in [5, 5.41) is 6.91. The topological polar surface area (TPSA) is 46.9 Å². The van der Waals surface area contributed by atoms with E-state index >= 15 is 0 Å². The maximum atomic E-state index is 11.1. The lowest BCUT2D eigenvalue weighted by Gasteiger charge is -2.03. The van der Waals surface area contributed by atoms with Crippen LogP contribution in [0.3, 0.4) is 0 Å². The van der Waals surface area contributed by atoms with Crippen molar-refractivity contribution >= 4 is 17.7 Å². The molecule has 5 heteroatoms. The Bertz CT molecular complexity index is 261. The minimum Gasteiger partial charge on any atom is -0.355 e. The Morgan fingerprint density at radius 2 is 2.50 bits per heavy atom. The average Bonchev–Trinajstić information content (AvgIpc) is 2.65. The number of carbonyl (C=O) groups is 1. The largest absolute Gasteiger partial charge is 0.355 e. The van der Waals surface area contributed by atoms with Crippen LogP contribution in [0.25, 0.3) is 0 Å². The Kier molecular flexibility index (Phi) is 5.14. The van der Waals surface area contributed by atoms with Crippen LogP contribution in [-0.2, 0) is 11.3 Å². The molecule has 0 saturated carbocycles. The maximum Gasteiger partial charge on any atom is 0.229 e. The molecule has 0 fully saturated rings. The number of hydrogen-bond donors (Lipinski definition) is 1. The molecule has 0 atom stereocenters. The lowest BCUT2D eigenvalue weighted by Crippen LogP contribution is -2.26. The van der Waals surface area contributed by atoms with Gasteiger partial charge in [-0.2, -0.15) is 16.9 Å². The molecular weight excluding hydrogens is 198 g/mol. The highest BCUT2D eigenvalue weighted by atomic mass is 32.2. The minimum absolute atomic E-state index is 0.109. The predicted molar refractivity (Wildman–Crippen MR) is 58.2 cm³/mol. The molecule has 78 valence electrons. The summed E-state index contributed by atoms with van der Waals surface area (Å²) in [5.74, 6) is 0.653. The first-order chi connectivity index (χ1) is 6.83. The highest BCUT2D eigenvalue weighted by Gasteiger charge is 1.97. The van der Waals surface area contributed by atoms with Crippen LogP contribution in [0, 0.1) is 0 Å². The second kappa shape index (κ2) is 6.48. The van der Waals surface area contributed by atoms with Gasteiger partial charge in [0.05, 0.1) is 5.75 Å². The van der Waals surface area contributed by atoms with Crippen LogP contribution in [0.1, 0.15) is 6.42 Å². The van der Waals surface area contributed by atoms with Crippen LogP contribution in [0.4, 0.5) is 0 Å². The van der Waals surface area contributed by atoms with Gasteiger partial charge in [-0.3, -0.25) is 9.48 Å². The van der Waals surface area contributed by atoms with Crippen molar-refractivity contribution in [1.82, 2.24) is 15.1 Å². The predicted octanol–water partition coefficient (Wildman–Crippen LogP) is 0.752. The molecule has 0 unspecified atom stereocenters. The fraction of sp³-hybridized carbons (Fsp3) is 0.556. The standard InChI is InChI=1S/C9H15N3OS/c1-14-8-9(13)10-4-2-6-12-7-3-5-11-12/h3,5,7H,2,4,6,8H2,1H3,(H,10,13). The van der Waals surface area contributed by atoms with Crippen molar-refractivity contribution in [3.63, 3.8) is 0 Å². The van der Waals surface area contributed by atoms with Gasteiger partial charge in [0.15, 0.2) is 0 Å². The summed E-state index contributed by atoms with van der Waals surface area (Å²) >= 11 is 1.54. The molecule has 1 heterocycles. The van der Waals surface area contributed by atoms with Gasteiger partial charge in [0.25, 0.3) is 0 Å². The SMILES string of the molecule is CSCC(=O)NCCCn1cccn1. The summed E-state index contributed by atoms with van der Waals surface area (Å²) < 4.78 is 1.86. The summed E-state index contributed by atoms with van der Waals surface area (Å²) in [6.07, 6.45) is 6.52. The lowest BCUT2D eigenvalue weighted by molar-refractivity contribution is -0.118. The van der Waals surface area contributed by atoms with Gasteiger partial charge in [0, 0.05) is 25.5 Å². The van der Waals surface area contributed by atoms with E-state index in [-0.39, 0.29) is 5.91 Å². The first kappa shape index (κ1) is 11.1. The molecule has 0 aliphatic rings. The van der Waals surface area contributed by atoms with E-state index in [4.69, 9.17) is 0 Å². The first-order valence-corrected chi connectivity index (χ1v) is 5.95. The molecule has 0 aliphatic carbocycles. The summed E-state index contributed by atoms with van der Waals surface area (Å²) in [4.78, 5) is 11.1. The highest BCUT2D eigenvalue weighted by Crippen LogP contribution is 1.91. The minimum atomic E-state index is 0.109. The number of aryl methyl sites for hydroxylation is 1. The number of nitrogens with one attached hydrogen (secondary N) is 1. The van der Waals surface area contributed by atoms with Crippen LogP contribution < -0.4 is 5.32 Å². The van der Waals surface area contributed by atoms with E-state index in [0.717, 1.165) is 19.5 Å². The van der Waals surface area contributed by atoms with E-state index in [2.05, 4.69) is 10.4 Å². The van der Waals surface area contributed by atoms with Gasteiger partial charge in [0.2, 0.25) is 5.91 Å². The van der Waals surface area contributed by atoms with Crippen molar-refractivity contribution in [2.24, 2.45) is 0 Å². The van der Waals surface area contributed by atoms with Crippen molar-refractivity contribution in [1.29, 1.82) is 0 Å². The second-order valence-electron chi connectivity index (χ2n) is 2.91. The van der Waals surface area contributed by atoms with Gasteiger partial charge in [-0.1, -0.05) is 0 Å². The lowest BCUT2D eigenvalue weighted by atomic mass is 10.4. The molecule has 1 aromatic heterocycles. The number of rotatable bonds is 6. The molecule has 1 aromatic rings. The zero-order valence-corrected chi connectivity index (χ0v) is 9.09. The summed E-state index contributed by atoms with van der Waals surface area (Å²) in [7, 11) is 0. The normalized spacial score (nSPS) is 10.1. The Morgan fingerprint density at radius 3 is 3.14 bits per heavy atom. The average molecular weight is 213 g/mol. The van der Waals surface area contributed by atoms with E-state index in [9.17, 15) is 4.79 Å². The molecule has 0 bridgehead atoms. The molecule has 4 nitrogen and oxygen atoms in total. The molecule has 1 rings (SSSR count). The Hall–Kier alpha value is -0.970. The van der Waals surface area contributed by atoms with Crippen molar-refractivity contribution < 1.29 is 4.79 Å². The molecule has 14 heavy (non-hydrogen) atoms. The fourth-order valence-corrected chi connectivity index (χ4v) is 1.45. The van der Waals surface area contributed by atoms with E-state index in [1.54, 1.807) is 6.20 Å². The van der Waals surface area contributed by atoms with Crippen molar-refractivity contribution in [2.75, 3.05) is 18.6 Å². The van der Waals surface area contributed by atoms with Gasteiger partial charge in [-0.05, 0) is 18.7 Å². The summed E-state index contributed by atoms with van der Waals surface area (Å²) in [6.45, 7) is 1.58. The van der Waals surface area contributed by atoms with Gasteiger partial charge in [-0.15, -0.1) is 0 Å². The van der Waals surface area contributed by atoms with Crippen LogP contribution in [0.5, 0.6) is 0 Å². The molecule has 0 radical (unpaired) electrons. The monoisotopic (exact) mass is 213 g/mol. The molecule has 0 aromatic carbocycles. The van der Waals surface area contributed by atoms with E-state index < -0.39 is 0 Å². The van der Waals surface area contributed by atoms with Gasteiger partial charge in [-0.25, -0.2) is 0 Å². The third-order valence-electron chi connectivity index (χ3n) is 1.72. The fourth-order valence-electron chi connectivity index (χ4n) is 1.08. The Balaban J connectivity index is 2.02. The van der Waals surface area contributed by atoms with Gasteiger partial charge in [0.1, 0.15) is 0 Å². The van der Waals surface area contributed by atoms with Gasteiger partial charge < -0.3 is 5.32 Å². The molecule has 0 spiro atoms. The van der Waals surface area contributed by atoms with E-state index in [0.29, 0.717) is 5.75 Å². The number of nitrogens with zero attached hydrogens (tertiary/aromatic N) is 2. The first-order valence-electron chi connectivity index (χ1n) is 4.56. The highest BCUT2D eigenvalue weighted by molar-refractivity contribution is 7.99. The molecule has 1 amide bonds. The third-order valence-corrected chi connectivity index (χ3v) is 2.27. The van der Waals surface area contributed by atoms with Crippen LogP contribution >= 0.6 is 11.8 Å². The number of carbonyl (C=O) groups excluding carboxylic acids is 1. The van der Waals surface area contributed by atoms with Gasteiger partial charge >= 0.3 is 0 Å². The number of thioether (sulfide) groups is 1. The molecule has 0 aliphatic heterocycles. The number of aromatic nitrogens is 2. The Labute approximate surface area is 88.1 Å². The van der Waals surface area contributed by atoms with E-state index in [1.807, 2.05) is 23.2 Å². The van der Waals surface area contributed by atoms with Crippen molar-refractivity contribution in [2.45, 2.75) is 13.0 Å². The van der Waals surface area contributed by atoms with E-state index in [1.165, 1.54) is 11.8 Å². The zero-order valence-electron chi connectivity index (χ0n) is 8.27. The van der Waals surface area contributed by atoms with Crippen LogP contribution in [-0.4, -0.2) is 34.2 Å². The van der Waals surface area contributed by atoms with Crippen LogP contribution in [0.2, 0.25) is 0 Å². The molecule has 1 N–H and O–H groups in total. The molecular formula is C9H15N3OS. The van der Waals surface area contributed by atoms with Crippen molar-refractivity contribution in [3.05, 3.63) is 18.5 Å². The quantitative estimate of drug-likeness (QED) is 0.709. The zero-order chi connectivity index (χ0) is 10.2. The maximum absolute atomic E-state index is 11.1. The number of amides is 1. The smallest absolute Gasteiger partial charge is 0.229 e. The van der Waals surface area contributed by atoms with Crippen molar-refractivity contribution in [3.8, 4) is 0 Å². The number of hydrogen-bond acceptors (Lipinski definition) is 3. The summed E-state index contributed by atoms with van der Waals surface area (Å²) in [5.41, 5.74) is 0. The second-order valence-corrected chi connectivity index (χ2v) is 3.77. The third kappa shape index (κ3) is 4.32. The molecule has 0 saturated heterocycles. The van der Waals surface area contributed by atoms with Crippen LogP contribution in [0.15, 0.2) is 18.5 Å². The Morgan fingerprint density at radius 1 is 1.64 bits per heavy atom.